The Bertz CT molecular complexity index is 305. The standard InChI is InChI=1S/C10H22N2O3S/c1-3-9(11)7-16(13,14)8-10-6-12(2)4-5-15-10/h9-10H,3-8,11H2,1-2H3. The summed E-state index contributed by atoms with van der Waals surface area (Å²) < 4.78 is 29.0. The van der Waals surface area contributed by atoms with E-state index in [1.165, 1.54) is 0 Å². The summed E-state index contributed by atoms with van der Waals surface area (Å²) in [4.78, 5) is 2.09. The highest BCUT2D eigenvalue weighted by molar-refractivity contribution is 7.91. The lowest BCUT2D eigenvalue weighted by Gasteiger charge is -2.30. The molecule has 0 aliphatic carbocycles. The molecule has 96 valence electrons. The smallest absolute Gasteiger partial charge is 0.154 e. The van der Waals surface area contributed by atoms with Crippen LogP contribution in [0.15, 0.2) is 0 Å². The normalized spacial score (nSPS) is 25.6. The average Bonchev–Trinajstić information content (AvgIpc) is 2.15. The van der Waals surface area contributed by atoms with Gasteiger partial charge in [0, 0.05) is 19.1 Å². The van der Waals surface area contributed by atoms with Crippen molar-refractivity contribution in [1.29, 1.82) is 0 Å². The van der Waals surface area contributed by atoms with Crippen molar-refractivity contribution in [3.8, 4) is 0 Å². The first-order chi connectivity index (χ1) is 7.43. The molecule has 5 nitrogen and oxygen atoms in total. The molecule has 0 aromatic heterocycles. The number of hydrogen-bond donors (Lipinski definition) is 1. The molecule has 0 spiro atoms. The van der Waals surface area contributed by atoms with Crippen molar-refractivity contribution in [2.45, 2.75) is 25.5 Å². The molecule has 0 radical (unpaired) electrons. The molecule has 1 fully saturated rings. The second kappa shape index (κ2) is 5.95. The lowest BCUT2D eigenvalue weighted by atomic mass is 10.3. The fraction of sp³-hybridized carbons (Fsp3) is 1.00. The van der Waals surface area contributed by atoms with Crippen LogP contribution in [0.2, 0.25) is 0 Å². The Morgan fingerprint density at radius 1 is 1.56 bits per heavy atom. The highest BCUT2D eigenvalue weighted by Gasteiger charge is 2.25. The minimum absolute atomic E-state index is 0.0626. The first-order valence-electron chi connectivity index (χ1n) is 5.69. The van der Waals surface area contributed by atoms with E-state index in [1.807, 2.05) is 14.0 Å². The van der Waals surface area contributed by atoms with Gasteiger partial charge in [-0.3, -0.25) is 0 Å². The monoisotopic (exact) mass is 250 g/mol. The van der Waals surface area contributed by atoms with Gasteiger partial charge in [-0.25, -0.2) is 8.42 Å². The molecule has 2 atom stereocenters. The number of nitrogens with two attached hydrogens (primary N) is 1. The van der Waals surface area contributed by atoms with Crippen LogP contribution in [0.5, 0.6) is 0 Å². The molecule has 0 bridgehead atoms. The van der Waals surface area contributed by atoms with Gasteiger partial charge >= 0.3 is 0 Å². The largest absolute Gasteiger partial charge is 0.375 e. The highest BCUT2D eigenvalue weighted by atomic mass is 32.2. The third-order valence-corrected chi connectivity index (χ3v) is 4.59. The molecule has 1 aliphatic rings. The SMILES string of the molecule is CCC(N)CS(=O)(=O)CC1CN(C)CCO1. The maximum Gasteiger partial charge on any atom is 0.154 e. The summed E-state index contributed by atoms with van der Waals surface area (Å²) in [6.45, 7) is 4.05. The molecule has 1 heterocycles. The molecular formula is C10H22N2O3S. The number of rotatable bonds is 5. The molecule has 0 aromatic carbocycles. The fourth-order valence-corrected chi connectivity index (χ4v) is 3.56. The maximum absolute atomic E-state index is 11.8. The van der Waals surface area contributed by atoms with Crippen molar-refractivity contribution >= 4 is 9.84 Å². The predicted octanol–water partition coefficient (Wildman–Crippen LogP) is -0.531. The number of ether oxygens (including phenoxy) is 1. The Labute approximate surface area is 97.9 Å². The molecule has 1 aliphatic heterocycles. The summed E-state index contributed by atoms with van der Waals surface area (Å²) in [6.07, 6.45) is 0.484. The summed E-state index contributed by atoms with van der Waals surface area (Å²) in [5, 5.41) is 0. The third kappa shape index (κ3) is 4.78. The van der Waals surface area contributed by atoms with E-state index in [0.717, 1.165) is 6.54 Å². The van der Waals surface area contributed by atoms with Gasteiger partial charge in [-0.15, -0.1) is 0 Å². The summed E-state index contributed by atoms with van der Waals surface area (Å²) in [5.41, 5.74) is 5.66. The van der Waals surface area contributed by atoms with Gasteiger partial charge in [0.05, 0.1) is 24.2 Å². The van der Waals surface area contributed by atoms with Crippen LogP contribution in [0.4, 0.5) is 0 Å². The summed E-state index contributed by atoms with van der Waals surface area (Å²) in [5.74, 6) is 0.151. The van der Waals surface area contributed by atoms with Gasteiger partial charge < -0.3 is 15.4 Å². The van der Waals surface area contributed by atoms with Crippen LogP contribution in [0, 0.1) is 0 Å². The topological polar surface area (TPSA) is 72.6 Å². The van der Waals surface area contributed by atoms with E-state index in [-0.39, 0.29) is 23.7 Å². The Hall–Kier alpha value is -0.170. The lowest BCUT2D eigenvalue weighted by Crippen LogP contribution is -2.44. The first kappa shape index (κ1) is 13.9. The molecule has 6 heteroatoms. The molecule has 1 rings (SSSR count). The van der Waals surface area contributed by atoms with E-state index in [0.29, 0.717) is 19.6 Å². The summed E-state index contributed by atoms with van der Waals surface area (Å²) in [6, 6.07) is -0.258. The second-order valence-corrected chi connectivity index (χ2v) is 6.65. The molecule has 0 aromatic rings. The Morgan fingerprint density at radius 3 is 2.81 bits per heavy atom. The van der Waals surface area contributed by atoms with Crippen molar-refractivity contribution in [2.24, 2.45) is 5.73 Å². The van der Waals surface area contributed by atoms with E-state index in [1.54, 1.807) is 0 Å². The van der Waals surface area contributed by atoms with Crippen molar-refractivity contribution < 1.29 is 13.2 Å². The van der Waals surface area contributed by atoms with E-state index < -0.39 is 9.84 Å². The minimum atomic E-state index is -3.09. The predicted molar refractivity (Wildman–Crippen MR) is 64.2 cm³/mol. The van der Waals surface area contributed by atoms with Gasteiger partial charge in [0.15, 0.2) is 9.84 Å². The number of nitrogens with zero attached hydrogens (tertiary/aromatic N) is 1. The lowest BCUT2D eigenvalue weighted by molar-refractivity contribution is -0.00680. The van der Waals surface area contributed by atoms with Crippen molar-refractivity contribution in [1.82, 2.24) is 4.90 Å². The van der Waals surface area contributed by atoms with Gasteiger partial charge in [-0.1, -0.05) is 6.92 Å². The summed E-state index contributed by atoms with van der Waals surface area (Å²) >= 11 is 0. The first-order valence-corrected chi connectivity index (χ1v) is 7.51. The van der Waals surface area contributed by atoms with Gasteiger partial charge in [0.2, 0.25) is 0 Å². The second-order valence-electron chi connectivity index (χ2n) is 4.50. The molecule has 2 unspecified atom stereocenters. The zero-order valence-electron chi connectivity index (χ0n) is 10.1. The van der Waals surface area contributed by atoms with Crippen molar-refractivity contribution in [3.63, 3.8) is 0 Å². The van der Waals surface area contributed by atoms with Crippen molar-refractivity contribution in [2.75, 3.05) is 38.2 Å². The molecule has 16 heavy (non-hydrogen) atoms. The van der Waals surface area contributed by atoms with E-state index in [2.05, 4.69) is 4.90 Å². The number of morpholine rings is 1. The molecule has 0 saturated carbocycles. The van der Waals surface area contributed by atoms with Crippen LogP contribution in [-0.4, -0.2) is 63.7 Å². The zero-order valence-corrected chi connectivity index (χ0v) is 10.9. The minimum Gasteiger partial charge on any atom is -0.375 e. The maximum atomic E-state index is 11.8. The van der Waals surface area contributed by atoms with Gasteiger partial charge in [-0.05, 0) is 13.5 Å². The summed E-state index contributed by atoms with van der Waals surface area (Å²) in [7, 11) is -1.12. The zero-order chi connectivity index (χ0) is 12.2. The number of sulfone groups is 1. The van der Waals surface area contributed by atoms with Crippen LogP contribution in [0.25, 0.3) is 0 Å². The number of hydrogen-bond acceptors (Lipinski definition) is 5. The third-order valence-electron chi connectivity index (χ3n) is 2.77. The van der Waals surface area contributed by atoms with Gasteiger partial charge in [-0.2, -0.15) is 0 Å². The molecular weight excluding hydrogens is 228 g/mol. The number of likely N-dealkylation sites (N-methyl/N-ethyl adjacent to an activating group) is 1. The van der Waals surface area contributed by atoms with Gasteiger partial charge in [0.1, 0.15) is 0 Å². The Balaban J connectivity index is 2.45. The molecule has 2 N–H and O–H groups in total. The van der Waals surface area contributed by atoms with Crippen molar-refractivity contribution in [3.05, 3.63) is 0 Å². The van der Waals surface area contributed by atoms with E-state index >= 15 is 0 Å². The van der Waals surface area contributed by atoms with E-state index in [9.17, 15) is 8.42 Å². The average molecular weight is 250 g/mol. The van der Waals surface area contributed by atoms with E-state index in [4.69, 9.17) is 10.5 Å². The van der Waals surface area contributed by atoms with Crippen LogP contribution in [-0.2, 0) is 14.6 Å². The van der Waals surface area contributed by atoms with Gasteiger partial charge in [0.25, 0.3) is 0 Å². The fourth-order valence-electron chi connectivity index (χ4n) is 1.76. The highest BCUT2D eigenvalue weighted by Crippen LogP contribution is 2.07. The van der Waals surface area contributed by atoms with Crippen LogP contribution in [0.3, 0.4) is 0 Å². The Morgan fingerprint density at radius 2 is 2.25 bits per heavy atom. The van der Waals surface area contributed by atoms with Crippen LogP contribution in [0.1, 0.15) is 13.3 Å². The molecule has 1 saturated heterocycles. The van der Waals surface area contributed by atoms with Crippen LogP contribution >= 0.6 is 0 Å². The molecule has 0 amide bonds. The Kier molecular flexibility index (Phi) is 5.17. The quantitative estimate of drug-likeness (QED) is 0.710. The van der Waals surface area contributed by atoms with Crippen LogP contribution < -0.4 is 5.73 Å².